The predicted molar refractivity (Wildman–Crippen MR) is 67.8 cm³/mol. The minimum Gasteiger partial charge on any atom is -0.377 e. The van der Waals surface area contributed by atoms with Gasteiger partial charge in [0.1, 0.15) is 0 Å². The van der Waals surface area contributed by atoms with Crippen LogP contribution in [-0.2, 0) is 11.3 Å². The van der Waals surface area contributed by atoms with Gasteiger partial charge in [-0.05, 0) is 31.5 Å². The summed E-state index contributed by atoms with van der Waals surface area (Å²) in [5.74, 6) is -0.0984. The Hall–Kier alpha value is -1.39. The zero-order chi connectivity index (χ0) is 12.9. The standard InChI is InChI=1S/C13H20N2O2/c1-13(2,17-3)9-15-12(16)11-6-4-10(8-14)5-7-11/h4-7H,8-9,14H2,1-3H3,(H,15,16). The molecule has 1 aromatic rings. The Kier molecular flexibility index (Phi) is 4.66. The van der Waals surface area contributed by atoms with Gasteiger partial charge in [0.2, 0.25) is 0 Å². The summed E-state index contributed by atoms with van der Waals surface area (Å²) < 4.78 is 5.23. The third-order valence-corrected chi connectivity index (χ3v) is 2.68. The summed E-state index contributed by atoms with van der Waals surface area (Å²) in [6, 6.07) is 7.27. The highest BCUT2D eigenvalue weighted by atomic mass is 16.5. The van der Waals surface area contributed by atoms with Gasteiger partial charge in [0, 0.05) is 25.8 Å². The quantitative estimate of drug-likeness (QED) is 0.810. The molecule has 0 unspecified atom stereocenters. The van der Waals surface area contributed by atoms with E-state index in [0.29, 0.717) is 18.7 Å². The Morgan fingerprint density at radius 3 is 2.41 bits per heavy atom. The number of carbonyl (C=O) groups is 1. The maximum Gasteiger partial charge on any atom is 0.251 e. The fourth-order valence-electron chi connectivity index (χ4n) is 1.26. The Bertz CT molecular complexity index is 372. The lowest BCUT2D eigenvalue weighted by molar-refractivity contribution is 0.0229. The van der Waals surface area contributed by atoms with E-state index >= 15 is 0 Å². The van der Waals surface area contributed by atoms with Crippen LogP contribution in [0.5, 0.6) is 0 Å². The molecule has 0 aliphatic carbocycles. The molecule has 1 aromatic carbocycles. The molecule has 4 heteroatoms. The summed E-state index contributed by atoms with van der Waals surface area (Å²) in [6.45, 7) is 4.80. The Morgan fingerprint density at radius 1 is 1.35 bits per heavy atom. The molecule has 4 nitrogen and oxygen atoms in total. The molecule has 0 aliphatic rings. The van der Waals surface area contributed by atoms with E-state index in [1.165, 1.54) is 0 Å². The van der Waals surface area contributed by atoms with Crippen LogP contribution in [0, 0.1) is 0 Å². The molecule has 1 amide bonds. The van der Waals surface area contributed by atoms with E-state index < -0.39 is 0 Å². The van der Waals surface area contributed by atoms with E-state index in [-0.39, 0.29) is 11.5 Å². The number of ether oxygens (including phenoxy) is 1. The number of nitrogens with one attached hydrogen (secondary N) is 1. The summed E-state index contributed by atoms with van der Waals surface area (Å²) in [4.78, 5) is 11.8. The molecule has 0 atom stereocenters. The average Bonchev–Trinajstić information content (AvgIpc) is 2.36. The molecule has 3 N–H and O–H groups in total. The first-order valence-electron chi connectivity index (χ1n) is 5.61. The minimum atomic E-state index is -0.354. The summed E-state index contributed by atoms with van der Waals surface area (Å²) in [5.41, 5.74) is 6.78. The molecule has 0 saturated carbocycles. The van der Waals surface area contributed by atoms with Crippen molar-refractivity contribution in [3.05, 3.63) is 35.4 Å². The normalized spacial score (nSPS) is 11.3. The van der Waals surface area contributed by atoms with Crippen molar-refractivity contribution in [3.63, 3.8) is 0 Å². The van der Waals surface area contributed by atoms with Crippen molar-refractivity contribution in [2.75, 3.05) is 13.7 Å². The van der Waals surface area contributed by atoms with Crippen molar-refractivity contribution in [1.29, 1.82) is 0 Å². The number of hydrogen-bond donors (Lipinski definition) is 2. The SMILES string of the molecule is COC(C)(C)CNC(=O)c1ccc(CN)cc1. The highest BCUT2D eigenvalue weighted by Gasteiger charge is 2.17. The number of nitrogens with two attached hydrogens (primary N) is 1. The number of amides is 1. The van der Waals surface area contributed by atoms with Gasteiger partial charge in [-0.25, -0.2) is 0 Å². The number of benzene rings is 1. The smallest absolute Gasteiger partial charge is 0.251 e. The zero-order valence-electron chi connectivity index (χ0n) is 10.6. The molecular weight excluding hydrogens is 216 g/mol. The lowest BCUT2D eigenvalue weighted by atomic mass is 10.1. The van der Waals surface area contributed by atoms with Crippen LogP contribution in [0.1, 0.15) is 29.8 Å². The Labute approximate surface area is 102 Å². The van der Waals surface area contributed by atoms with Crippen molar-refractivity contribution in [3.8, 4) is 0 Å². The molecule has 1 rings (SSSR count). The number of rotatable bonds is 5. The van der Waals surface area contributed by atoms with Crippen molar-refractivity contribution >= 4 is 5.91 Å². The molecule has 0 radical (unpaired) electrons. The first-order valence-corrected chi connectivity index (χ1v) is 5.61. The second-order valence-corrected chi connectivity index (χ2v) is 4.55. The predicted octanol–water partition coefficient (Wildman–Crippen LogP) is 1.30. The molecule has 0 fully saturated rings. The van der Waals surface area contributed by atoms with Gasteiger partial charge in [0.15, 0.2) is 0 Å². The second kappa shape index (κ2) is 5.80. The molecule has 0 aromatic heterocycles. The van der Waals surface area contributed by atoms with E-state index in [1.54, 1.807) is 19.2 Å². The van der Waals surface area contributed by atoms with Crippen LogP contribution in [0.25, 0.3) is 0 Å². The summed E-state index contributed by atoms with van der Waals surface area (Å²) in [5, 5.41) is 2.83. The highest BCUT2D eigenvalue weighted by molar-refractivity contribution is 5.94. The molecule has 0 saturated heterocycles. The van der Waals surface area contributed by atoms with Crippen LogP contribution in [0.15, 0.2) is 24.3 Å². The van der Waals surface area contributed by atoms with Gasteiger partial charge in [-0.1, -0.05) is 12.1 Å². The fraction of sp³-hybridized carbons (Fsp3) is 0.462. The molecule has 0 spiro atoms. The van der Waals surface area contributed by atoms with Crippen LogP contribution in [-0.4, -0.2) is 25.2 Å². The van der Waals surface area contributed by atoms with Crippen LogP contribution >= 0.6 is 0 Å². The maximum atomic E-state index is 11.8. The number of methoxy groups -OCH3 is 1. The summed E-state index contributed by atoms with van der Waals surface area (Å²) in [7, 11) is 1.63. The monoisotopic (exact) mass is 236 g/mol. The van der Waals surface area contributed by atoms with Gasteiger partial charge < -0.3 is 15.8 Å². The van der Waals surface area contributed by atoms with E-state index in [4.69, 9.17) is 10.5 Å². The first-order chi connectivity index (χ1) is 7.98. The van der Waals surface area contributed by atoms with Crippen molar-refractivity contribution in [2.24, 2.45) is 5.73 Å². The van der Waals surface area contributed by atoms with Crippen molar-refractivity contribution in [1.82, 2.24) is 5.32 Å². The largest absolute Gasteiger partial charge is 0.377 e. The van der Waals surface area contributed by atoms with Gasteiger partial charge >= 0.3 is 0 Å². The maximum absolute atomic E-state index is 11.8. The molecule has 0 heterocycles. The van der Waals surface area contributed by atoms with E-state index in [2.05, 4.69) is 5.32 Å². The summed E-state index contributed by atoms with van der Waals surface area (Å²) >= 11 is 0. The zero-order valence-corrected chi connectivity index (χ0v) is 10.6. The van der Waals surface area contributed by atoms with Crippen LogP contribution < -0.4 is 11.1 Å². The minimum absolute atomic E-state index is 0.0984. The Morgan fingerprint density at radius 2 is 1.94 bits per heavy atom. The molecule has 94 valence electrons. The number of carbonyl (C=O) groups excluding carboxylic acids is 1. The third kappa shape index (κ3) is 4.17. The topological polar surface area (TPSA) is 64.3 Å². The highest BCUT2D eigenvalue weighted by Crippen LogP contribution is 2.07. The molecular formula is C13H20N2O2. The first kappa shape index (κ1) is 13.7. The van der Waals surface area contributed by atoms with E-state index in [0.717, 1.165) is 5.56 Å². The fourth-order valence-corrected chi connectivity index (χ4v) is 1.26. The van der Waals surface area contributed by atoms with Gasteiger partial charge in [0.05, 0.1) is 5.60 Å². The summed E-state index contributed by atoms with van der Waals surface area (Å²) in [6.07, 6.45) is 0. The van der Waals surface area contributed by atoms with Crippen molar-refractivity contribution in [2.45, 2.75) is 26.0 Å². The van der Waals surface area contributed by atoms with Gasteiger partial charge in [-0.3, -0.25) is 4.79 Å². The van der Waals surface area contributed by atoms with Gasteiger partial charge in [0.25, 0.3) is 5.91 Å². The molecule has 0 aliphatic heterocycles. The average molecular weight is 236 g/mol. The number of hydrogen-bond acceptors (Lipinski definition) is 3. The van der Waals surface area contributed by atoms with Gasteiger partial charge in [-0.15, -0.1) is 0 Å². The third-order valence-electron chi connectivity index (χ3n) is 2.68. The van der Waals surface area contributed by atoms with E-state index in [9.17, 15) is 4.79 Å². The van der Waals surface area contributed by atoms with Crippen LogP contribution in [0.4, 0.5) is 0 Å². The molecule has 0 bridgehead atoms. The van der Waals surface area contributed by atoms with Gasteiger partial charge in [-0.2, -0.15) is 0 Å². The van der Waals surface area contributed by atoms with E-state index in [1.807, 2.05) is 26.0 Å². The van der Waals surface area contributed by atoms with Crippen molar-refractivity contribution < 1.29 is 9.53 Å². The Balaban J connectivity index is 2.58. The van der Waals surface area contributed by atoms with Crippen LogP contribution in [0.2, 0.25) is 0 Å². The lowest BCUT2D eigenvalue weighted by Crippen LogP contribution is -2.39. The van der Waals surface area contributed by atoms with Crippen LogP contribution in [0.3, 0.4) is 0 Å². The second-order valence-electron chi connectivity index (χ2n) is 4.55. The lowest BCUT2D eigenvalue weighted by Gasteiger charge is -2.23. The molecule has 17 heavy (non-hydrogen) atoms.